The van der Waals surface area contributed by atoms with E-state index in [-0.39, 0.29) is 0 Å². The van der Waals surface area contributed by atoms with Gasteiger partial charge in [0.1, 0.15) is 11.6 Å². The first-order valence-corrected chi connectivity index (χ1v) is 11.8. The van der Waals surface area contributed by atoms with E-state index < -0.39 is 9.84 Å². The SMILES string of the molecule is COc1ccc2nc(C3CCN(Cc4ccc(Cl)cc4S(C)(=O)=O)CC3)[nH]c2c1. The summed E-state index contributed by atoms with van der Waals surface area (Å²) in [6, 6.07) is 11.0. The summed E-state index contributed by atoms with van der Waals surface area (Å²) in [6.45, 7) is 2.37. The van der Waals surface area contributed by atoms with Crippen LogP contribution in [-0.4, -0.2) is 49.7 Å². The Bertz CT molecular complexity index is 1140. The predicted octanol–water partition coefficient (Wildman–Crippen LogP) is 4.01. The molecule has 1 saturated heterocycles. The number of fused-ring (bicyclic) bond motifs is 1. The van der Waals surface area contributed by atoms with Crippen molar-refractivity contribution in [3.05, 3.63) is 52.8 Å². The minimum absolute atomic E-state index is 0.318. The number of aromatic amines is 1. The first-order chi connectivity index (χ1) is 13.8. The Morgan fingerprint density at radius 1 is 1.21 bits per heavy atom. The van der Waals surface area contributed by atoms with E-state index in [1.54, 1.807) is 19.2 Å². The van der Waals surface area contributed by atoms with Gasteiger partial charge in [-0.1, -0.05) is 17.7 Å². The maximum atomic E-state index is 12.1. The molecule has 1 aliphatic rings. The highest BCUT2D eigenvalue weighted by Gasteiger charge is 2.24. The highest BCUT2D eigenvalue weighted by molar-refractivity contribution is 7.90. The van der Waals surface area contributed by atoms with Crippen LogP contribution >= 0.6 is 11.6 Å². The zero-order chi connectivity index (χ0) is 20.6. The van der Waals surface area contributed by atoms with Gasteiger partial charge in [0.2, 0.25) is 0 Å². The van der Waals surface area contributed by atoms with Crippen LogP contribution in [0, 0.1) is 0 Å². The van der Waals surface area contributed by atoms with Crippen LogP contribution in [-0.2, 0) is 16.4 Å². The van der Waals surface area contributed by atoms with Crippen LogP contribution in [0.15, 0.2) is 41.3 Å². The Labute approximate surface area is 175 Å². The first kappa shape index (κ1) is 20.2. The average molecular weight is 434 g/mol. The summed E-state index contributed by atoms with van der Waals surface area (Å²) in [6.07, 6.45) is 3.17. The van der Waals surface area contributed by atoms with E-state index in [0.717, 1.165) is 54.1 Å². The Hall–Kier alpha value is -2.09. The van der Waals surface area contributed by atoms with Crippen molar-refractivity contribution in [3.8, 4) is 5.75 Å². The van der Waals surface area contributed by atoms with Crippen molar-refractivity contribution in [2.45, 2.75) is 30.2 Å². The topological polar surface area (TPSA) is 75.3 Å². The van der Waals surface area contributed by atoms with E-state index in [9.17, 15) is 8.42 Å². The van der Waals surface area contributed by atoms with Gasteiger partial charge >= 0.3 is 0 Å². The molecule has 2 aromatic carbocycles. The number of imidazole rings is 1. The summed E-state index contributed by atoms with van der Waals surface area (Å²) < 4.78 is 29.5. The highest BCUT2D eigenvalue weighted by Crippen LogP contribution is 2.30. The van der Waals surface area contributed by atoms with Gasteiger partial charge in [0.05, 0.1) is 23.0 Å². The summed E-state index contributed by atoms with van der Waals surface area (Å²) in [4.78, 5) is 10.8. The molecular weight excluding hydrogens is 410 g/mol. The van der Waals surface area contributed by atoms with Crippen LogP contribution in [0.1, 0.15) is 30.1 Å². The molecule has 29 heavy (non-hydrogen) atoms. The summed E-state index contributed by atoms with van der Waals surface area (Å²) in [7, 11) is -1.66. The van der Waals surface area contributed by atoms with E-state index in [2.05, 4.69) is 9.88 Å². The number of H-pyrrole nitrogens is 1. The van der Waals surface area contributed by atoms with Gasteiger partial charge in [0.15, 0.2) is 9.84 Å². The second-order valence-corrected chi connectivity index (χ2v) is 10.0. The number of halogens is 1. The first-order valence-electron chi connectivity index (χ1n) is 9.58. The Morgan fingerprint density at radius 2 is 1.97 bits per heavy atom. The number of nitrogens with one attached hydrogen (secondary N) is 1. The molecule has 1 aliphatic heterocycles. The van der Waals surface area contributed by atoms with E-state index >= 15 is 0 Å². The minimum atomic E-state index is -3.32. The van der Waals surface area contributed by atoms with Crippen LogP contribution in [0.3, 0.4) is 0 Å². The number of ether oxygens (including phenoxy) is 1. The number of likely N-dealkylation sites (tertiary alicyclic amines) is 1. The van der Waals surface area contributed by atoms with Crippen molar-refractivity contribution < 1.29 is 13.2 Å². The average Bonchev–Trinajstić information content (AvgIpc) is 3.12. The number of hydrogen-bond donors (Lipinski definition) is 1. The van der Waals surface area contributed by atoms with E-state index in [4.69, 9.17) is 21.3 Å². The van der Waals surface area contributed by atoms with Gasteiger partial charge in [0, 0.05) is 29.8 Å². The number of nitrogens with zero attached hydrogens (tertiary/aromatic N) is 2. The standard InChI is InChI=1S/C21H24ClN3O3S/c1-28-17-5-6-18-19(12-17)24-21(23-18)14-7-9-25(10-8-14)13-15-3-4-16(22)11-20(15)29(2,26)27/h3-6,11-12,14H,7-10,13H2,1-2H3,(H,23,24). The number of methoxy groups -OCH3 is 1. The largest absolute Gasteiger partial charge is 0.497 e. The summed E-state index contributed by atoms with van der Waals surface area (Å²) >= 11 is 6.01. The number of hydrogen-bond acceptors (Lipinski definition) is 5. The van der Waals surface area contributed by atoms with Gasteiger partial charge in [-0.25, -0.2) is 13.4 Å². The summed E-state index contributed by atoms with van der Waals surface area (Å²) in [5, 5.41) is 0.439. The van der Waals surface area contributed by atoms with Crippen LogP contribution in [0.25, 0.3) is 11.0 Å². The second-order valence-electron chi connectivity index (χ2n) is 7.58. The van der Waals surface area contributed by atoms with E-state index in [1.807, 2.05) is 24.3 Å². The fourth-order valence-electron chi connectivity index (χ4n) is 3.94. The molecule has 1 N–H and O–H groups in total. The van der Waals surface area contributed by atoms with E-state index in [0.29, 0.717) is 22.4 Å². The van der Waals surface area contributed by atoms with Crippen LogP contribution in [0.2, 0.25) is 5.02 Å². The maximum absolute atomic E-state index is 12.1. The Morgan fingerprint density at radius 3 is 2.66 bits per heavy atom. The molecule has 3 aromatic rings. The Balaban J connectivity index is 1.45. The molecule has 0 saturated carbocycles. The highest BCUT2D eigenvalue weighted by atomic mass is 35.5. The van der Waals surface area contributed by atoms with Gasteiger partial charge in [-0.05, 0) is 55.8 Å². The van der Waals surface area contributed by atoms with Crippen molar-refractivity contribution in [3.63, 3.8) is 0 Å². The molecule has 2 heterocycles. The van der Waals surface area contributed by atoms with E-state index in [1.165, 1.54) is 6.26 Å². The molecule has 6 nitrogen and oxygen atoms in total. The number of benzene rings is 2. The van der Waals surface area contributed by atoms with Crippen LogP contribution in [0.5, 0.6) is 5.75 Å². The van der Waals surface area contributed by atoms with Gasteiger partial charge in [-0.15, -0.1) is 0 Å². The van der Waals surface area contributed by atoms with Gasteiger partial charge in [-0.2, -0.15) is 0 Å². The molecule has 0 bridgehead atoms. The third-order valence-electron chi connectivity index (χ3n) is 5.50. The van der Waals surface area contributed by atoms with Gasteiger partial charge < -0.3 is 9.72 Å². The van der Waals surface area contributed by atoms with Gasteiger partial charge in [0.25, 0.3) is 0 Å². The minimum Gasteiger partial charge on any atom is -0.497 e. The maximum Gasteiger partial charge on any atom is 0.175 e. The van der Waals surface area contributed by atoms with Crippen molar-refractivity contribution in [2.75, 3.05) is 26.5 Å². The zero-order valence-electron chi connectivity index (χ0n) is 16.5. The van der Waals surface area contributed by atoms with Crippen molar-refractivity contribution in [1.82, 2.24) is 14.9 Å². The van der Waals surface area contributed by atoms with Crippen LogP contribution < -0.4 is 4.74 Å². The number of aromatic nitrogens is 2. The molecule has 1 fully saturated rings. The molecule has 0 spiro atoms. The molecule has 0 amide bonds. The molecule has 0 aliphatic carbocycles. The lowest BCUT2D eigenvalue weighted by atomic mass is 9.96. The lowest BCUT2D eigenvalue weighted by Gasteiger charge is -2.31. The van der Waals surface area contributed by atoms with Gasteiger partial charge in [-0.3, -0.25) is 4.90 Å². The monoisotopic (exact) mass is 433 g/mol. The fourth-order valence-corrected chi connectivity index (χ4v) is 5.13. The number of rotatable bonds is 5. The number of piperidine rings is 1. The normalized spacial score (nSPS) is 16.4. The molecule has 0 atom stereocenters. The van der Waals surface area contributed by atoms with Crippen molar-refractivity contribution >= 4 is 32.5 Å². The lowest BCUT2D eigenvalue weighted by molar-refractivity contribution is 0.201. The lowest BCUT2D eigenvalue weighted by Crippen LogP contribution is -2.33. The molecule has 4 rings (SSSR count). The molecule has 0 unspecified atom stereocenters. The quantitative estimate of drug-likeness (QED) is 0.658. The Kier molecular flexibility index (Phi) is 5.55. The number of sulfone groups is 1. The van der Waals surface area contributed by atoms with Crippen LogP contribution in [0.4, 0.5) is 0 Å². The summed E-state index contributed by atoms with van der Waals surface area (Å²) in [5.74, 6) is 2.19. The third-order valence-corrected chi connectivity index (χ3v) is 6.92. The predicted molar refractivity (Wildman–Crippen MR) is 114 cm³/mol. The molecule has 8 heteroatoms. The summed E-state index contributed by atoms with van der Waals surface area (Å²) in [5.41, 5.74) is 2.73. The molecular formula is C21H24ClN3O3S. The zero-order valence-corrected chi connectivity index (χ0v) is 18.1. The molecule has 154 valence electrons. The third kappa shape index (κ3) is 4.42. The van der Waals surface area contributed by atoms with Crippen molar-refractivity contribution in [2.24, 2.45) is 0 Å². The smallest absolute Gasteiger partial charge is 0.175 e. The molecule has 0 radical (unpaired) electrons. The molecule has 1 aromatic heterocycles. The fraction of sp³-hybridized carbons (Fsp3) is 0.381. The second kappa shape index (κ2) is 7.97. The van der Waals surface area contributed by atoms with Crippen molar-refractivity contribution in [1.29, 1.82) is 0 Å².